The van der Waals surface area contributed by atoms with Gasteiger partial charge in [-0.25, -0.2) is 16.8 Å². The van der Waals surface area contributed by atoms with Gasteiger partial charge in [-0.1, -0.05) is 49.7 Å². The number of hydrogen-bond donors (Lipinski definition) is 0. The summed E-state index contributed by atoms with van der Waals surface area (Å²) in [5.74, 6) is 0.00825. The summed E-state index contributed by atoms with van der Waals surface area (Å²) < 4.78 is 57.2. The third-order valence-electron chi connectivity index (χ3n) is 4.72. The van der Waals surface area contributed by atoms with Gasteiger partial charge in [0.1, 0.15) is 10.6 Å². The van der Waals surface area contributed by atoms with E-state index in [0.717, 1.165) is 11.8 Å². The Morgan fingerprint density at radius 3 is 2.32 bits per heavy atom. The highest BCUT2D eigenvalue weighted by Gasteiger charge is 2.45. The zero-order valence-corrected chi connectivity index (χ0v) is 18.8. The molecule has 0 bridgehead atoms. The first-order valence-corrected chi connectivity index (χ1v) is 12.6. The molecule has 31 heavy (non-hydrogen) atoms. The minimum atomic E-state index is -4.71. The fraction of sp³-hybridized carbons (Fsp3) is 0.227. The minimum absolute atomic E-state index is 0.00825. The van der Waals surface area contributed by atoms with Crippen LogP contribution in [0.3, 0.4) is 0 Å². The summed E-state index contributed by atoms with van der Waals surface area (Å²) in [5, 5.41) is 1.40. The molecule has 3 rings (SSSR count). The van der Waals surface area contributed by atoms with E-state index in [1.165, 1.54) is 24.3 Å². The van der Waals surface area contributed by atoms with E-state index < -0.39 is 24.1 Å². The first-order valence-electron chi connectivity index (χ1n) is 9.66. The Morgan fingerprint density at radius 2 is 1.65 bits per heavy atom. The maximum absolute atomic E-state index is 13.3. The lowest BCUT2D eigenvalue weighted by molar-refractivity contribution is 0.00379. The second-order valence-electron chi connectivity index (χ2n) is 7.03. The molecule has 0 atom stereocenters. The highest BCUT2D eigenvalue weighted by atomic mass is 32.3. The summed E-state index contributed by atoms with van der Waals surface area (Å²) >= 11 is 0. The van der Waals surface area contributed by atoms with Gasteiger partial charge in [-0.05, 0) is 53.9 Å². The van der Waals surface area contributed by atoms with Gasteiger partial charge in [-0.2, -0.15) is 0 Å². The molecule has 0 saturated heterocycles. The fourth-order valence-electron chi connectivity index (χ4n) is 3.05. The predicted octanol–water partition coefficient (Wildman–Crippen LogP) is 4.16. The van der Waals surface area contributed by atoms with E-state index in [1.54, 1.807) is 43.3 Å². The Bertz CT molecular complexity index is 1390. The first-order chi connectivity index (χ1) is 14.7. The average Bonchev–Trinajstić information content (AvgIpc) is 2.74. The van der Waals surface area contributed by atoms with E-state index in [2.05, 4.69) is 4.79 Å². The van der Waals surface area contributed by atoms with Crippen molar-refractivity contribution in [1.82, 2.24) is 0 Å². The maximum atomic E-state index is 13.3. The van der Waals surface area contributed by atoms with Crippen LogP contribution in [0.4, 0.5) is 0 Å². The molecule has 0 fully saturated rings. The minimum Gasteiger partial charge on any atom is -0.492 e. The molecule has 7 nitrogen and oxygen atoms in total. The Hall–Kier alpha value is -3.00. The zero-order chi connectivity index (χ0) is 22.6. The molecule has 162 valence electrons. The molecule has 0 aliphatic heterocycles. The van der Waals surface area contributed by atoms with Gasteiger partial charge in [0.15, 0.2) is 0 Å². The number of aryl methyl sites for hydroxylation is 1. The van der Waals surface area contributed by atoms with Crippen molar-refractivity contribution >= 4 is 34.8 Å². The predicted molar refractivity (Wildman–Crippen MR) is 119 cm³/mol. The molecule has 0 spiro atoms. The molecule has 9 heteroatoms. The van der Waals surface area contributed by atoms with Crippen LogP contribution >= 0.6 is 0 Å². The first kappa shape index (κ1) is 22.7. The molecular weight excluding hydrogens is 436 g/mol. The van der Waals surface area contributed by atoms with Gasteiger partial charge in [0.2, 0.25) is 0 Å². The second-order valence-corrected chi connectivity index (χ2v) is 11.0. The summed E-state index contributed by atoms with van der Waals surface area (Å²) in [4.78, 5) is 2.07. The lowest BCUT2D eigenvalue weighted by Gasteiger charge is -2.11. The molecule has 0 aromatic heterocycles. The van der Waals surface area contributed by atoms with Gasteiger partial charge in [0.25, 0.3) is 19.7 Å². The van der Waals surface area contributed by atoms with Crippen molar-refractivity contribution in [1.29, 1.82) is 0 Å². The van der Waals surface area contributed by atoms with Crippen LogP contribution < -0.4 is 4.74 Å². The Balaban J connectivity index is 2.12. The standard InChI is InChI=1S/C22H22N2O5S2/c1-3-4-13-29-20-12-9-16(2)14-21(20)31(27,28)22(24-23)30(25,26)19-11-10-17-7-5-6-8-18(17)15-19/h5-12,14-15H,3-4,13H2,1-2H3. The number of benzene rings is 3. The van der Waals surface area contributed by atoms with Gasteiger partial charge < -0.3 is 10.3 Å². The van der Waals surface area contributed by atoms with Crippen LogP contribution in [0.2, 0.25) is 0 Å². The summed E-state index contributed by atoms with van der Waals surface area (Å²) in [7, 11) is -9.36. The van der Waals surface area contributed by atoms with E-state index in [4.69, 9.17) is 4.74 Å². The molecule has 0 aliphatic carbocycles. The van der Waals surface area contributed by atoms with Crippen molar-refractivity contribution in [3.63, 3.8) is 0 Å². The number of rotatable bonds is 6. The third kappa shape index (κ3) is 4.54. The van der Waals surface area contributed by atoms with Crippen LogP contribution in [-0.4, -0.2) is 32.6 Å². The van der Waals surface area contributed by atoms with Gasteiger partial charge in [-0.3, -0.25) is 0 Å². The van der Waals surface area contributed by atoms with Crippen molar-refractivity contribution in [2.24, 2.45) is 0 Å². The highest BCUT2D eigenvalue weighted by Crippen LogP contribution is 2.30. The monoisotopic (exact) mass is 458 g/mol. The number of hydrogen-bond acceptors (Lipinski definition) is 5. The van der Waals surface area contributed by atoms with Crippen LogP contribution in [0, 0.1) is 6.92 Å². The van der Waals surface area contributed by atoms with Crippen molar-refractivity contribution in [3.05, 3.63) is 71.8 Å². The third-order valence-corrected chi connectivity index (χ3v) is 8.89. The van der Waals surface area contributed by atoms with Crippen molar-refractivity contribution in [2.45, 2.75) is 36.5 Å². The molecule has 3 aromatic carbocycles. The SMILES string of the molecule is CCCCOc1ccc(C)cc1S(=O)(=O)C(=[N+]=[N-])S(=O)(=O)c1ccc2ccccc2c1. The average molecular weight is 459 g/mol. The molecule has 0 heterocycles. The van der Waals surface area contributed by atoms with Crippen molar-refractivity contribution in [2.75, 3.05) is 6.61 Å². The van der Waals surface area contributed by atoms with Crippen LogP contribution in [0.1, 0.15) is 25.3 Å². The number of nitrogens with zero attached hydrogens (tertiary/aromatic N) is 2. The van der Waals surface area contributed by atoms with Crippen LogP contribution in [-0.2, 0) is 19.7 Å². The topological polar surface area (TPSA) is 114 Å². The lowest BCUT2D eigenvalue weighted by Crippen LogP contribution is -2.27. The Labute approximate surface area is 181 Å². The normalized spacial score (nSPS) is 11.8. The second kappa shape index (κ2) is 9.01. The Morgan fingerprint density at radius 1 is 0.935 bits per heavy atom. The smallest absolute Gasteiger partial charge is 0.492 e. The van der Waals surface area contributed by atoms with Gasteiger partial charge in [-0.15, -0.1) is 4.79 Å². The summed E-state index contributed by atoms with van der Waals surface area (Å²) in [6, 6.07) is 15.7. The largest absolute Gasteiger partial charge is 0.504 e. The van der Waals surface area contributed by atoms with Crippen LogP contribution in [0.25, 0.3) is 16.3 Å². The fourth-order valence-corrected chi connectivity index (χ4v) is 6.63. The number of fused-ring (bicyclic) bond motifs is 1. The Kier molecular flexibility index (Phi) is 6.59. The van der Waals surface area contributed by atoms with E-state index in [-0.39, 0.29) is 22.1 Å². The summed E-state index contributed by atoms with van der Waals surface area (Å²) in [5.41, 5.74) is 10.1. The number of sulfone groups is 2. The molecule has 0 saturated carbocycles. The van der Waals surface area contributed by atoms with Gasteiger partial charge in [0, 0.05) is 0 Å². The number of unbranched alkanes of at least 4 members (excludes halogenated alkanes) is 1. The van der Waals surface area contributed by atoms with Crippen molar-refractivity contribution < 1.29 is 26.4 Å². The van der Waals surface area contributed by atoms with Crippen LogP contribution in [0.5, 0.6) is 5.75 Å². The molecule has 3 aromatic rings. The van der Waals surface area contributed by atoms with E-state index in [0.29, 0.717) is 17.4 Å². The molecule has 0 radical (unpaired) electrons. The van der Waals surface area contributed by atoms with E-state index in [1.807, 2.05) is 6.92 Å². The van der Waals surface area contributed by atoms with Crippen LogP contribution in [0.15, 0.2) is 70.5 Å². The molecule has 0 amide bonds. The maximum Gasteiger partial charge on any atom is 0.504 e. The number of ether oxygens (including phenoxy) is 1. The summed E-state index contributed by atoms with van der Waals surface area (Å²) in [6.45, 7) is 3.90. The molecule has 0 unspecified atom stereocenters. The quantitative estimate of drug-likeness (QED) is 0.181. The summed E-state index contributed by atoms with van der Waals surface area (Å²) in [6.07, 6.45) is 1.54. The van der Waals surface area contributed by atoms with Gasteiger partial charge in [0.05, 0.1) is 11.5 Å². The molecular formula is C22H22N2O5S2. The van der Waals surface area contributed by atoms with Gasteiger partial charge >= 0.3 is 4.38 Å². The lowest BCUT2D eigenvalue weighted by atomic mass is 10.1. The van der Waals surface area contributed by atoms with E-state index >= 15 is 0 Å². The molecule has 0 aliphatic rings. The zero-order valence-electron chi connectivity index (χ0n) is 17.1. The van der Waals surface area contributed by atoms with E-state index in [9.17, 15) is 22.4 Å². The molecule has 0 N–H and O–H groups in total. The van der Waals surface area contributed by atoms with Crippen molar-refractivity contribution in [3.8, 4) is 5.75 Å². The highest BCUT2D eigenvalue weighted by molar-refractivity contribution is 8.31.